The fourth-order valence-electron chi connectivity index (χ4n) is 4.83. The lowest BCUT2D eigenvalue weighted by atomic mass is 10.0. The van der Waals surface area contributed by atoms with Crippen molar-refractivity contribution < 1.29 is 0 Å². The minimum atomic E-state index is 0.485. The minimum absolute atomic E-state index is 0.485. The fourth-order valence-corrected chi connectivity index (χ4v) is 4.83. The van der Waals surface area contributed by atoms with Gasteiger partial charge in [0.25, 0.3) is 0 Å². The lowest BCUT2D eigenvalue weighted by Gasteiger charge is -2.12. The van der Waals surface area contributed by atoms with E-state index in [-0.39, 0.29) is 0 Å². The number of fused-ring (bicyclic) bond motifs is 3. The van der Waals surface area contributed by atoms with E-state index >= 15 is 0 Å². The topological polar surface area (TPSA) is 52.3 Å². The number of hydrogen-bond acceptors (Lipinski definition) is 3. The molecule has 0 fully saturated rings. The predicted molar refractivity (Wildman–Crippen MR) is 147 cm³/mol. The Kier molecular flexibility index (Phi) is 5.22. The van der Waals surface area contributed by atoms with E-state index < -0.39 is 0 Å². The normalized spacial score (nSPS) is 10.9. The summed E-state index contributed by atoms with van der Waals surface area (Å²) in [6.07, 6.45) is 0. The van der Waals surface area contributed by atoms with Crippen LogP contribution in [0.1, 0.15) is 11.6 Å². The molecule has 0 amide bonds. The van der Waals surface area contributed by atoms with Crippen LogP contribution in [0.5, 0.6) is 0 Å². The molecule has 0 aliphatic heterocycles. The highest BCUT2D eigenvalue weighted by Gasteiger charge is 2.16. The van der Waals surface area contributed by atoms with Gasteiger partial charge in [-0.2, -0.15) is 0 Å². The number of benzene rings is 4. The average Bonchev–Trinajstić information content (AvgIpc) is 3.26. The molecule has 0 bridgehead atoms. The maximum Gasteiger partial charge on any atom is 0.200 e. The summed E-state index contributed by atoms with van der Waals surface area (Å²) in [5.41, 5.74) is 6.90. The molecule has 0 N–H and O–H groups in total. The highest BCUT2D eigenvalue weighted by atomic mass is 15.0. The van der Waals surface area contributed by atoms with Crippen molar-refractivity contribution in [1.29, 1.82) is 0 Å². The molecule has 2 heterocycles. The molecule has 37 heavy (non-hydrogen) atoms. The molecule has 4 aromatic carbocycles. The summed E-state index contributed by atoms with van der Waals surface area (Å²) in [6, 6.07) is 28.2. The summed E-state index contributed by atoms with van der Waals surface area (Å²) in [7, 11) is 0. The standard InChI is InChI=1S/C31H20N6/c1-19-34-20(2)36-31(35-19)27-16-14-24(18-28(27)33-4)37-29-8-6-5-7-25(29)26-15-11-22(17-30(26)37)21-9-12-23(32-3)13-10-21/h5-18H,1-2H3. The van der Waals surface area contributed by atoms with Crippen molar-refractivity contribution in [2.24, 2.45) is 0 Å². The molecule has 2 aromatic heterocycles. The third-order valence-electron chi connectivity index (χ3n) is 6.46. The van der Waals surface area contributed by atoms with Gasteiger partial charge in [-0.25, -0.2) is 24.6 Å². The molecule has 6 heteroatoms. The zero-order valence-corrected chi connectivity index (χ0v) is 20.3. The first kappa shape index (κ1) is 22.2. The van der Waals surface area contributed by atoms with E-state index in [9.17, 15) is 0 Å². The van der Waals surface area contributed by atoms with Gasteiger partial charge < -0.3 is 4.57 Å². The molecular formula is C31H20N6. The van der Waals surface area contributed by atoms with Crippen molar-refractivity contribution in [2.45, 2.75) is 13.8 Å². The van der Waals surface area contributed by atoms with Gasteiger partial charge in [0, 0.05) is 22.0 Å². The number of aromatic nitrogens is 4. The summed E-state index contributed by atoms with van der Waals surface area (Å²) in [5.74, 6) is 1.76. The third-order valence-corrected chi connectivity index (χ3v) is 6.46. The highest BCUT2D eigenvalue weighted by molar-refractivity contribution is 6.10. The Morgan fingerprint density at radius 1 is 0.649 bits per heavy atom. The SMILES string of the molecule is [C-]#[N+]c1ccc(-c2ccc3c4ccccc4n(-c4ccc(-c5nc(C)nc(C)n5)c([N+]#[C-])c4)c3c2)cc1. The maximum atomic E-state index is 7.89. The quantitative estimate of drug-likeness (QED) is 0.243. The van der Waals surface area contributed by atoms with E-state index in [2.05, 4.69) is 59.5 Å². The van der Waals surface area contributed by atoms with Gasteiger partial charge in [0.2, 0.25) is 0 Å². The van der Waals surface area contributed by atoms with Crippen molar-refractivity contribution in [3.63, 3.8) is 0 Å². The molecule has 0 radical (unpaired) electrons. The van der Waals surface area contributed by atoms with E-state index in [1.54, 1.807) is 0 Å². The summed E-state index contributed by atoms with van der Waals surface area (Å²) in [5, 5.41) is 2.28. The Bertz CT molecular complexity index is 1900. The zero-order valence-electron chi connectivity index (χ0n) is 20.3. The Morgan fingerprint density at radius 3 is 2.08 bits per heavy atom. The first-order valence-electron chi connectivity index (χ1n) is 11.8. The van der Waals surface area contributed by atoms with Crippen LogP contribution < -0.4 is 0 Å². The van der Waals surface area contributed by atoms with Crippen LogP contribution in [0.15, 0.2) is 84.9 Å². The van der Waals surface area contributed by atoms with Crippen LogP contribution >= 0.6 is 0 Å². The third kappa shape index (κ3) is 3.78. The molecule has 6 nitrogen and oxygen atoms in total. The Morgan fingerprint density at radius 2 is 1.35 bits per heavy atom. The average molecular weight is 477 g/mol. The molecule has 0 unspecified atom stereocenters. The molecular weight excluding hydrogens is 456 g/mol. The number of para-hydroxylation sites is 1. The highest BCUT2D eigenvalue weighted by Crippen LogP contribution is 2.37. The summed E-state index contributed by atoms with van der Waals surface area (Å²) < 4.78 is 2.20. The molecule has 0 saturated carbocycles. The van der Waals surface area contributed by atoms with Crippen molar-refractivity contribution in [2.75, 3.05) is 0 Å². The molecule has 0 atom stereocenters. The van der Waals surface area contributed by atoms with Crippen LogP contribution in [0.2, 0.25) is 0 Å². The lowest BCUT2D eigenvalue weighted by molar-refractivity contribution is 0.929. The number of aryl methyl sites for hydroxylation is 2. The summed E-state index contributed by atoms with van der Waals surface area (Å²) in [4.78, 5) is 20.5. The first-order chi connectivity index (χ1) is 18.1. The van der Waals surface area contributed by atoms with Gasteiger partial charge in [-0.3, -0.25) is 0 Å². The van der Waals surface area contributed by atoms with Gasteiger partial charge in [0.1, 0.15) is 11.6 Å². The fraction of sp³-hybridized carbons (Fsp3) is 0.0645. The molecule has 0 spiro atoms. The second-order valence-electron chi connectivity index (χ2n) is 8.81. The zero-order chi connectivity index (χ0) is 25.5. The Hall–Kier alpha value is -5.33. The Labute approximate surface area is 214 Å². The first-order valence-corrected chi connectivity index (χ1v) is 11.8. The monoisotopic (exact) mass is 476 g/mol. The van der Waals surface area contributed by atoms with Crippen LogP contribution in [0.25, 0.3) is 59.7 Å². The molecule has 0 saturated heterocycles. The Balaban J connectivity index is 1.58. The summed E-state index contributed by atoms with van der Waals surface area (Å²) >= 11 is 0. The van der Waals surface area contributed by atoms with E-state index in [0.29, 0.717) is 34.4 Å². The van der Waals surface area contributed by atoms with Crippen molar-refractivity contribution in [1.82, 2.24) is 19.5 Å². The van der Waals surface area contributed by atoms with Gasteiger partial charge >= 0.3 is 0 Å². The van der Waals surface area contributed by atoms with Gasteiger partial charge in [-0.15, -0.1) is 0 Å². The molecule has 0 aliphatic rings. The number of hydrogen-bond donors (Lipinski definition) is 0. The van der Waals surface area contributed by atoms with E-state index in [1.165, 1.54) is 0 Å². The summed E-state index contributed by atoms with van der Waals surface area (Å²) in [6.45, 7) is 18.8. The molecule has 6 rings (SSSR count). The molecule has 6 aromatic rings. The second-order valence-corrected chi connectivity index (χ2v) is 8.81. The van der Waals surface area contributed by atoms with Crippen LogP contribution in [0.4, 0.5) is 11.4 Å². The van der Waals surface area contributed by atoms with E-state index in [4.69, 9.17) is 13.1 Å². The minimum Gasteiger partial charge on any atom is -0.310 e. The van der Waals surface area contributed by atoms with Gasteiger partial charge in [-0.1, -0.05) is 60.7 Å². The largest absolute Gasteiger partial charge is 0.310 e. The van der Waals surface area contributed by atoms with Crippen molar-refractivity contribution in [3.05, 3.63) is 119 Å². The van der Waals surface area contributed by atoms with E-state index in [0.717, 1.165) is 38.6 Å². The van der Waals surface area contributed by atoms with E-state index in [1.807, 2.05) is 68.4 Å². The van der Waals surface area contributed by atoms with Crippen LogP contribution in [-0.2, 0) is 0 Å². The molecule has 174 valence electrons. The van der Waals surface area contributed by atoms with Gasteiger partial charge in [0.15, 0.2) is 17.2 Å². The van der Waals surface area contributed by atoms with Crippen molar-refractivity contribution >= 4 is 33.2 Å². The van der Waals surface area contributed by atoms with Crippen LogP contribution in [0, 0.1) is 27.0 Å². The smallest absolute Gasteiger partial charge is 0.200 e. The number of nitrogens with zero attached hydrogens (tertiary/aromatic N) is 6. The van der Waals surface area contributed by atoms with Crippen LogP contribution in [-0.4, -0.2) is 19.5 Å². The maximum absolute atomic E-state index is 7.89. The lowest BCUT2D eigenvalue weighted by Crippen LogP contribution is -2.00. The molecule has 0 aliphatic carbocycles. The van der Waals surface area contributed by atoms with Gasteiger partial charge in [0.05, 0.1) is 24.2 Å². The second kappa shape index (κ2) is 8.71. The van der Waals surface area contributed by atoms with Gasteiger partial charge in [-0.05, 0) is 49.2 Å². The van der Waals surface area contributed by atoms with Crippen LogP contribution in [0.3, 0.4) is 0 Å². The van der Waals surface area contributed by atoms with Crippen molar-refractivity contribution in [3.8, 4) is 28.2 Å². The predicted octanol–water partition coefficient (Wildman–Crippen LogP) is 8.02. The number of rotatable bonds is 3.